The molecule has 98 valence electrons. The molecule has 0 spiro atoms. The number of hydrogen-bond donors (Lipinski definition) is 1. The zero-order chi connectivity index (χ0) is 13.7. The minimum atomic E-state index is -0.370. The third-order valence-corrected chi connectivity index (χ3v) is 4.58. The Bertz CT molecular complexity index is 495. The summed E-state index contributed by atoms with van der Waals surface area (Å²) in [6.45, 7) is 10.4. The van der Waals surface area contributed by atoms with Gasteiger partial charge in [-0.05, 0) is 17.8 Å². The summed E-state index contributed by atoms with van der Waals surface area (Å²) in [5, 5.41) is 14.2. The summed E-state index contributed by atoms with van der Waals surface area (Å²) in [6.07, 6.45) is 1.54. The number of hydrogen-bond acceptors (Lipinski definition) is 4. The van der Waals surface area contributed by atoms with E-state index >= 15 is 0 Å². The van der Waals surface area contributed by atoms with E-state index in [0.29, 0.717) is 17.4 Å². The molecule has 1 heterocycles. The Morgan fingerprint density at radius 3 is 2.33 bits per heavy atom. The smallest absolute Gasteiger partial charge is 0.277 e. The molecule has 0 radical (unpaired) electrons. The van der Waals surface area contributed by atoms with Gasteiger partial charge in [0.25, 0.3) is 5.69 Å². The van der Waals surface area contributed by atoms with Crippen molar-refractivity contribution in [2.24, 2.45) is 10.8 Å². The maximum absolute atomic E-state index is 10.9. The molecule has 0 bridgehead atoms. The molecule has 5 nitrogen and oxygen atoms in total. The number of nitrogens with one attached hydrogen (secondary N) is 1. The van der Waals surface area contributed by atoms with Crippen LogP contribution in [0.2, 0.25) is 0 Å². The van der Waals surface area contributed by atoms with Crippen LogP contribution in [0, 0.1) is 27.9 Å². The maximum atomic E-state index is 10.9. The van der Waals surface area contributed by atoms with Gasteiger partial charge in [0.2, 0.25) is 0 Å². The van der Waals surface area contributed by atoms with Crippen LogP contribution in [0.1, 0.15) is 33.3 Å². The Kier molecular flexibility index (Phi) is 2.61. The highest BCUT2D eigenvalue weighted by Gasteiger charge is 2.65. The number of rotatable bonds is 3. The van der Waals surface area contributed by atoms with E-state index in [-0.39, 0.29) is 21.4 Å². The Morgan fingerprint density at radius 2 is 1.89 bits per heavy atom. The number of aryl methyl sites for hydroxylation is 1. The molecule has 1 aromatic rings. The SMILES string of the molecule is Cc1cnc(NC2C(C)(C)C2(C)C)cc1[N+](=O)[O-]. The molecule has 1 aliphatic carbocycles. The van der Waals surface area contributed by atoms with Crippen LogP contribution in [-0.4, -0.2) is 15.9 Å². The van der Waals surface area contributed by atoms with E-state index in [1.54, 1.807) is 13.1 Å². The molecule has 1 fully saturated rings. The first-order chi connectivity index (χ1) is 8.18. The van der Waals surface area contributed by atoms with Crippen molar-refractivity contribution < 1.29 is 4.92 Å². The van der Waals surface area contributed by atoms with Crippen molar-refractivity contribution in [1.29, 1.82) is 0 Å². The summed E-state index contributed by atoms with van der Waals surface area (Å²) in [5.41, 5.74) is 1.05. The van der Waals surface area contributed by atoms with E-state index < -0.39 is 0 Å². The predicted octanol–water partition coefficient (Wildman–Crippen LogP) is 3.14. The third-order valence-electron chi connectivity index (χ3n) is 4.58. The fourth-order valence-electron chi connectivity index (χ4n) is 2.49. The second kappa shape index (κ2) is 3.67. The summed E-state index contributed by atoms with van der Waals surface area (Å²) in [6, 6.07) is 1.81. The Labute approximate surface area is 107 Å². The van der Waals surface area contributed by atoms with Gasteiger partial charge in [0.1, 0.15) is 5.82 Å². The first-order valence-electron chi connectivity index (χ1n) is 6.05. The Balaban J connectivity index is 2.22. The zero-order valence-electron chi connectivity index (χ0n) is 11.4. The minimum Gasteiger partial charge on any atom is -0.366 e. The van der Waals surface area contributed by atoms with Crippen LogP contribution in [0.3, 0.4) is 0 Å². The molecule has 5 heteroatoms. The number of nitro groups is 1. The minimum absolute atomic E-state index is 0.115. The molecule has 0 aromatic carbocycles. The molecule has 0 aliphatic heterocycles. The summed E-state index contributed by atoms with van der Waals surface area (Å²) in [5.74, 6) is 0.580. The van der Waals surface area contributed by atoms with Gasteiger partial charge in [-0.15, -0.1) is 0 Å². The lowest BCUT2D eigenvalue weighted by atomic mass is 10.0. The number of anilines is 1. The lowest BCUT2D eigenvalue weighted by molar-refractivity contribution is -0.385. The van der Waals surface area contributed by atoms with Gasteiger partial charge in [-0.1, -0.05) is 27.7 Å². The monoisotopic (exact) mass is 249 g/mol. The molecule has 1 N–H and O–H groups in total. The van der Waals surface area contributed by atoms with E-state index in [1.807, 2.05) is 0 Å². The number of aromatic nitrogens is 1. The van der Waals surface area contributed by atoms with Gasteiger partial charge < -0.3 is 5.32 Å². The van der Waals surface area contributed by atoms with Gasteiger partial charge in [0, 0.05) is 17.8 Å². The van der Waals surface area contributed by atoms with Crippen LogP contribution in [0.4, 0.5) is 11.5 Å². The standard InChI is InChI=1S/C13H19N3O2/c1-8-7-14-10(6-9(8)16(17)18)15-11-12(2,3)13(11,4)5/h6-7,11H,1-5H3,(H,14,15). The van der Waals surface area contributed by atoms with Crippen molar-refractivity contribution in [1.82, 2.24) is 4.98 Å². The maximum Gasteiger partial charge on any atom is 0.277 e. The average molecular weight is 249 g/mol. The van der Waals surface area contributed by atoms with Gasteiger partial charge in [-0.3, -0.25) is 10.1 Å². The molecular weight excluding hydrogens is 230 g/mol. The normalized spacial score (nSPS) is 20.5. The van der Waals surface area contributed by atoms with Gasteiger partial charge in [0.15, 0.2) is 0 Å². The van der Waals surface area contributed by atoms with Crippen LogP contribution in [0.15, 0.2) is 12.3 Å². The molecule has 1 saturated carbocycles. The fraction of sp³-hybridized carbons (Fsp3) is 0.615. The van der Waals surface area contributed by atoms with E-state index in [1.165, 1.54) is 6.07 Å². The van der Waals surface area contributed by atoms with Gasteiger partial charge >= 0.3 is 0 Å². The summed E-state index contributed by atoms with van der Waals surface area (Å²) >= 11 is 0. The Morgan fingerprint density at radius 1 is 1.33 bits per heavy atom. The van der Waals surface area contributed by atoms with Crippen molar-refractivity contribution in [3.8, 4) is 0 Å². The highest BCUT2D eigenvalue weighted by Crippen LogP contribution is 2.63. The first-order valence-corrected chi connectivity index (χ1v) is 6.05. The molecule has 1 aromatic heterocycles. The lowest BCUT2D eigenvalue weighted by Crippen LogP contribution is -2.11. The predicted molar refractivity (Wildman–Crippen MR) is 70.6 cm³/mol. The largest absolute Gasteiger partial charge is 0.366 e. The van der Waals surface area contributed by atoms with Gasteiger partial charge in [-0.25, -0.2) is 4.98 Å². The van der Waals surface area contributed by atoms with Gasteiger partial charge in [0.05, 0.1) is 11.0 Å². The second-order valence-electron chi connectivity index (χ2n) is 6.13. The van der Waals surface area contributed by atoms with Crippen molar-refractivity contribution in [3.05, 3.63) is 27.9 Å². The summed E-state index contributed by atoms with van der Waals surface area (Å²) in [4.78, 5) is 14.7. The molecule has 1 aliphatic rings. The molecule has 0 amide bonds. The molecule has 2 rings (SSSR count). The highest BCUT2D eigenvalue weighted by atomic mass is 16.6. The van der Waals surface area contributed by atoms with Crippen molar-refractivity contribution >= 4 is 11.5 Å². The van der Waals surface area contributed by atoms with Gasteiger partial charge in [-0.2, -0.15) is 0 Å². The molecule has 18 heavy (non-hydrogen) atoms. The molecule has 0 saturated heterocycles. The molecule has 0 atom stereocenters. The van der Waals surface area contributed by atoms with Crippen LogP contribution in [0.5, 0.6) is 0 Å². The number of nitrogens with zero attached hydrogens (tertiary/aromatic N) is 2. The summed E-state index contributed by atoms with van der Waals surface area (Å²) in [7, 11) is 0. The molecule has 0 unspecified atom stereocenters. The van der Waals surface area contributed by atoms with Crippen molar-refractivity contribution in [3.63, 3.8) is 0 Å². The van der Waals surface area contributed by atoms with Crippen LogP contribution >= 0.6 is 0 Å². The first kappa shape index (κ1) is 12.8. The third kappa shape index (κ3) is 1.74. The van der Waals surface area contributed by atoms with E-state index in [9.17, 15) is 10.1 Å². The second-order valence-corrected chi connectivity index (χ2v) is 6.13. The fourth-order valence-corrected chi connectivity index (χ4v) is 2.49. The van der Waals surface area contributed by atoms with Crippen LogP contribution in [0.25, 0.3) is 0 Å². The van der Waals surface area contributed by atoms with E-state index in [0.717, 1.165) is 0 Å². The number of pyridine rings is 1. The van der Waals surface area contributed by atoms with Crippen LogP contribution in [-0.2, 0) is 0 Å². The van der Waals surface area contributed by atoms with Crippen molar-refractivity contribution in [2.45, 2.75) is 40.7 Å². The summed E-state index contributed by atoms with van der Waals surface area (Å²) < 4.78 is 0. The topological polar surface area (TPSA) is 68.1 Å². The average Bonchev–Trinajstić information content (AvgIpc) is 2.63. The molecular formula is C13H19N3O2. The van der Waals surface area contributed by atoms with Crippen molar-refractivity contribution in [2.75, 3.05) is 5.32 Å². The zero-order valence-corrected chi connectivity index (χ0v) is 11.4. The Hall–Kier alpha value is -1.65. The highest BCUT2D eigenvalue weighted by molar-refractivity contribution is 5.51. The van der Waals surface area contributed by atoms with E-state index in [4.69, 9.17) is 0 Å². The quantitative estimate of drug-likeness (QED) is 0.660. The van der Waals surface area contributed by atoms with Crippen LogP contribution < -0.4 is 5.32 Å². The van der Waals surface area contributed by atoms with E-state index in [2.05, 4.69) is 38.0 Å². The lowest BCUT2D eigenvalue weighted by Gasteiger charge is -2.07.